The highest BCUT2D eigenvalue weighted by Gasteiger charge is 2.18. The molecular weight excluding hydrogens is 454 g/mol. The number of hydrogen-bond acceptors (Lipinski definition) is 7. The first kappa shape index (κ1) is 21.3. The van der Waals surface area contributed by atoms with Crippen molar-refractivity contribution >= 4 is 39.0 Å². The summed E-state index contributed by atoms with van der Waals surface area (Å²) in [7, 11) is 0. The van der Waals surface area contributed by atoms with Crippen LogP contribution in [0.15, 0.2) is 73.3 Å². The van der Waals surface area contributed by atoms with Gasteiger partial charge in [-0.1, -0.05) is 23.7 Å². The largest absolute Gasteiger partial charge is 0.478 e. The predicted octanol–water partition coefficient (Wildman–Crippen LogP) is 6.31. The van der Waals surface area contributed by atoms with Crippen LogP contribution < -0.4 is 10.1 Å². The molecule has 0 aliphatic rings. The van der Waals surface area contributed by atoms with Crippen LogP contribution in [-0.2, 0) is 6.54 Å². The number of aryl methyl sites for hydroxylation is 1. The summed E-state index contributed by atoms with van der Waals surface area (Å²) in [6.07, 6.45) is 7.14. The summed E-state index contributed by atoms with van der Waals surface area (Å²) in [5.41, 5.74) is 4.19. The van der Waals surface area contributed by atoms with E-state index in [0.717, 1.165) is 48.9 Å². The summed E-state index contributed by atoms with van der Waals surface area (Å²) < 4.78 is 5.42. The maximum Gasteiger partial charge on any atom is 0.164 e. The molecule has 0 saturated heterocycles. The quantitative estimate of drug-likeness (QED) is 0.279. The Labute approximate surface area is 200 Å². The number of fused-ring (bicyclic) bond motifs is 1. The molecule has 1 N–H and O–H groups in total. The number of halogens is 1. The van der Waals surface area contributed by atoms with E-state index in [-0.39, 0.29) is 6.07 Å². The Morgan fingerprint density at radius 2 is 1.85 bits per heavy atom. The zero-order valence-electron chi connectivity index (χ0n) is 17.8. The minimum absolute atomic E-state index is 0.115. The summed E-state index contributed by atoms with van der Waals surface area (Å²) in [5.74, 6) is 2.16. The maximum atomic E-state index is 5.71. The number of aromatic nitrogens is 4. The van der Waals surface area contributed by atoms with E-state index < -0.39 is 0 Å². The van der Waals surface area contributed by atoms with E-state index in [0.29, 0.717) is 12.4 Å². The van der Waals surface area contributed by atoms with Gasteiger partial charge in [-0.05, 0) is 60.0 Å². The summed E-state index contributed by atoms with van der Waals surface area (Å²) in [4.78, 5) is 20.2. The zero-order chi connectivity index (χ0) is 22.6. The number of anilines is 1. The van der Waals surface area contributed by atoms with Crippen LogP contribution in [0.3, 0.4) is 0 Å². The molecule has 0 amide bonds. The van der Waals surface area contributed by atoms with Gasteiger partial charge >= 0.3 is 0 Å². The van der Waals surface area contributed by atoms with Crippen molar-refractivity contribution in [2.75, 3.05) is 11.4 Å². The number of rotatable bonds is 7. The van der Waals surface area contributed by atoms with E-state index in [1.165, 1.54) is 0 Å². The third-order valence-corrected chi connectivity index (χ3v) is 6.58. The molecule has 1 aromatic carbocycles. The van der Waals surface area contributed by atoms with Gasteiger partial charge in [-0.3, -0.25) is 9.97 Å². The van der Waals surface area contributed by atoms with Crippen LogP contribution in [0.2, 0.25) is 0 Å². The highest BCUT2D eigenvalue weighted by atomic mass is 35.5. The lowest BCUT2D eigenvalue weighted by Gasteiger charge is -2.11. The van der Waals surface area contributed by atoms with Gasteiger partial charge in [0.1, 0.15) is 16.4 Å². The maximum absolute atomic E-state index is 5.71. The molecule has 33 heavy (non-hydrogen) atoms. The average molecular weight is 474 g/mol. The highest BCUT2D eigenvalue weighted by Crippen LogP contribution is 2.40. The van der Waals surface area contributed by atoms with Crippen LogP contribution in [0.5, 0.6) is 5.75 Å². The van der Waals surface area contributed by atoms with Gasteiger partial charge in [0.15, 0.2) is 11.9 Å². The SMILES string of the molecule is Cc1c(-c2ccncc2)sc2nc(-c3cccnc3)nc(NCc3cccc(OCCl)c3)c12. The number of benzene rings is 1. The molecule has 5 aromatic rings. The lowest BCUT2D eigenvalue weighted by molar-refractivity contribution is 0.387. The number of nitrogens with zero attached hydrogens (tertiary/aromatic N) is 4. The molecule has 8 heteroatoms. The Morgan fingerprint density at radius 3 is 2.64 bits per heavy atom. The Bertz CT molecular complexity index is 1390. The van der Waals surface area contributed by atoms with Gasteiger partial charge < -0.3 is 10.1 Å². The van der Waals surface area contributed by atoms with E-state index in [4.69, 9.17) is 26.3 Å². The summed E-state index contributed by atoms with van der Waals surface area (Å²) in [5, 5.41) is 4.54. The van der Waals surface area contributed by atoms with Crippen LogP contribution in [0.25, 0.3) is 32.0 Å². The molecule has 0 bridgehead atoms. The first-order valence-electron chi connectivity index (χ1n) is 10.4. The molecule has 0 saturated carbocycles. The van der Waals surface area contributed by atoms with E-state index in [1.807, 2.05) is 48.5 Å². The van der Waals surface area contributed by atoms with Crippen LogP contribution in [0.4, 0.5) is 5.82 Å². The van der Waals surface area contributed by atoms with Gasteiger partial charge in [0.25, 0.3) is 0 Å². The third kappa shape index (κ3) is 4.51. The van der Waals surface area contributed by atoms with Crippen LogP contribution >= 0.6 is 22.9 Å². The van der Waals surface area contributed by atoms with Gasteiger partial charge in [-0.15, -0.1) is 11.3 Å². The second-order valence-electron chi connectivity index (χ2n) is 7.36. The molecule has 164 valence electrons. The zero-order valence-corrected chi connectivity index (χ0v) is 19.4. The topological polar surface area (TPSA) is 72.8 Å². The second kappa shape index (κ2) is 9.52. The normalized spacial score (nSPS) is 11.0. The number of ether oxygens (including phenoxy) is 1. The summed E-state index contributed by atoms with van der Waals surface area (Å²) >= 11 is 7.37. The Hall–Kier alpha value is -3.55. The van der Waals surface area contributed by atoms with Crippen molar-refractivity contribution in [2.45, 2.75) is 13.5 Å². The average Bonchev–Trinajstić information content (AvgIpc) is 3.20. The van der Waals surface area contributed by atoms with E-state index in [2.05, 4.69) is 22.2 Å². The van der Waals surface area contributed by atoms with Gasteiger partial charge in [0, 0.05) is 41.8 Å². The van der Waals surface area contributed by atoms with Crippen molar-refractivity contribution in [3.8, 4) is 27.6 Å². The lowest BCUT2D eigenvalue weighted by Crippen LogP contribution is -2.04. The van der Waals surface area contributed by atoms with E-state index in [1.54, 1.807) is 36.1 Å². The second-order valence-corrected chi connectivity index (χ2v) is 8.58. The number of nitrogens with one attached hydrogen (secondary N) is 1. The minimum atomic E-state index is 0.115. The highest BCUT2D eigenvalue weighted by molar-refractivity contribution is 7.22. The Kier molecular flexibility index (Phi) is 6.15. The van der Waals surface area contributed by atoms with Crippen LogP contribution in [0.1, 0.15) is 11.1 Å². The fourth-order valence-corrected chi connectivity index (χ4v) is 4.98. The third-order valence-electron chi connectivity index (χ3n) is 5.23. The molecule has 0 spiro atoms. The molecule has 0 atom stereocenters. The smallest absolute Gasteiger partial charge is 0.164 e. The van der Waals surface area contributed by atoms with Crippen molar-refractivity contribution in [2.24, 2.45) is 0 Å². The lowest BCUT2D eigenvalue weighted by atomic mass is 10.1. The predicted molar refractivity (Wildman–Crippen MR) is 134 cm³/mol. The van der Waals surface area contributed by atoms with Crippen LogP contribution in [0, 0.1) is 6.92 Å². The van der Waals surface area contributed by atoms with Gasteiger partial charge in [-0.25, -0.2) is 9.97 Å². The fourth-order valence-electron chi connectivity index (χ4n) is 3.66. The number of pyridine rings is 2. The Morgan fingerprint density at radius 1 is 0.970 bits per heavy atom. The molecule has 4 heterocycles. The fraction of sp³-hybridized carbons (Fsp3) is 0.120. The van der Waals surface area contributed by atoms with Crippen LogP contribution in [-0.4, -0.2) is 26.0 Å². The van der Waals surface area contributed by atoms with Crippen molar-refractivity contribution in [1.29, 1.82) is 0 Å². The van der Waals surface area contributed by atoms with Gasteiger partial charge in [-0.2, -0.15) is 0 Å². The molecule has 0 unspecified atom stereocenters. The van der Waals surface area contributed by atoms with Crippen molar-refractivity contribution < 1.29 is 4.74 Å². The number of thiophene rings is 1. The summed E-state index contributed by atoms with van der Waals surface area (Å²) in [6.45, 7) is 2.69. The molecule has 4 aromatic heterocycles. The molecule has 5 rings (SSSR count). The van der Waals surface area contributed by atoms with Gasteiger partial charge in [0.2, 0.25) is 0 Å². The monoisotopic (exact) mass is 473 g/mol. The Balaban J connectivity index is 1.59. The van der Waals surface area contributed by atoms with Gasteiger partial charge in [0.05, 0.1) is 5.39 Å². The molecule has 0 fully saturated rings. The van der Waals surface area contributed by atoms with Crippen molar-refractivity contribution in [1.82, 2.24) is 19.9 Å². The number of hydrogen-bond donors (Lipinski definition) is 1. The van der Waals surface area contributed by atoms with Crippen molar-refractivity contribution in [3.63, 3.8) is 0 Å². The first-order valence-corrected chi connectivity index (χ1v) is 11.7. The van der Waals surface area contributed by atoms with E-state index in [9.17, 15) is 0 Å². The summed E-state index contributed by atoms with van der Waals surface area (Å²) in [6, 6.07) is 15.9. The molecule has 0 aliphatic heterocycles. The standard InChI is InChI=1S/C25H20ClN5OS/c1-16-21-24(29-13-17-4-2-6-20(12-17)32-15-26)30-23(19-5-3-9-28-14-19)31-25(21)33-22(16)18-7-10-27-11-8-18/h2-12,14H,13,15H2,1H3,(H,29,30,31). The molecule has 6 nitrogen and oxygen atoms in total. The van der Waals surface area contributed by atoms with E-state index >= 15 is 0 Å². The first-order chi connectivity index (χ1) is 16.2. The molecule has 0 radical (unpaired) electrons. The molecular formula is C25H20ClN5OS. The number of alkyl halides is 1. The van der Waals surface area contributed by atoms with Crippen molar-refractivity contribution in [3.05, 3.63) is 84.4 Å². The minimum Gasteiger partial charge on any atom is -0.478 e. The molecule has 0 aliphatic carbocycles.